The maximum Gasteiger partial charge on any atom is 0.260 e. The summed E-state index contributed by atoms with van der Waals surface area (Å²) in [6.07, 6.45) is 0.0756. The molecule has 1 amide bonds. The first-order valence-electron chi connectivity index (χ1n) is 6.09. The number of methoxy groups -OCH3 is 1. The van der Waals surface area contributed by atoms with Gasteiger partial charge in [0.05, 0.1) is 7.11 Å². The molecule has 0 N–H and O–H groups in total. The largest absolute Gasteiger partial charge is 0.491 e. The van der Waals surface area contributed by atoms with Gasteiger partial charge in [-0.25, -0.2) is 8.78 Å². The SMILES string of the molecule is COc1c(F)c(F)c(C(=O)N2CCC(=O)CC2)c(F)c1F. The lowest BCUT2D eigenvalue weighted by atomic mass is 10.1. The number of amides is 1. The molecule has 1 aliphatic rings. The Kier molecular flexibility index (Phi) is 4.15. The van der Waals surface area contributed by atoms with Crippen LogP contribution in [0.25, 0.3) is 0 Å². The van der Waals surface area contributed by atoms with Crippen molar-refractivity contribution < 1.29 is 31.9 Å². The predicted octanol–water partition coefficient (Wildman–Crippen LogP) is 2.06. The molecule has 21 heavy (non-hydrogen) atoms. The summed E-state index contributed by atoms with van der Waals surface area (Å²) in [5.41, 5.74) is -1.32. The fourth-order valence-corrected chi connectivity index (χ4v) is 2.10. The number of hydrogen-bond donors (Lipinski definition) is 0. The van der Waals surface area contributed by atoms with E-state index in [0.29, 0.717) is 0 Å². The molecule has 1 aromatic carbocycles. The summed E-state index contributed by atoms with van der Waals surface area (Å²) in [5, 5.41) is 0. The van der Waals surface area contributed by atoms with Gasteiger partial charge in [0.2, 0.25) is 11.6 Å². The standard InChI is InChI=1S/C13H11F4NO3/c1-21-12-10(16)8(14)7(9(15)11(12)17)13(20)18-4-2-6(19)3-5-18/h2-5H2,1H3. The van der Waals surface area contributed by atoms with Gasteiger partial charge in [0.25, 0.3) is 5.91 Å². The average molecular weight is 305 g/mol. The fourth-order valence-electron chi connectivity index (χ4n) is 2.10. The van der Waals surface area contributed by atoms with Gasteiger partial charge in [-0.15, -0.1) is 0 Å². The van der Waals surface area contributed by atoms with Crippen LogP contribution in [0.1, 0.15) is 23.2 Å². The summed E-state index contributed by atoms with van der Waals surface area (Å²) in [5.74, 6) is -9.68. The normalized spacial score (nSPS) is 15.3. The highest BCUT2D eigenvalue weighted by atomic mass is 19.2. The maximum atomic E-state index is 13.8. The van der Waals surface area contributed by atoms with E-state index in [1.165, 1.54) is 0 Å². The zero-order valence-electron chi connectivity index (χ0n) is 11.0. The predicted molar refractivity (Wildman–Crippen MR) is 63.0 cm³/mol. The molecular weight excluding hydrogens is 294 g/mol. The van der Waals surface area contributed by atoms with E-state index >= 15 is 0 Å². The first-order chi connectivity index (χ1) is 9.88. The van der Waals surface area contributed by atoms with E-state index in [-0.39, 0.29) is 31.7 Å². The van der Waals surface area contributed by atoms with Gasteiger partial charge in [-0.2, -0.15) is 8.78 Å². The number of carbonyl (C=O) groups is 2. The van der Waals surface area contributed by atoms with Gasteiger partial charge in [-0.3, -0.25) is 9.59 Å². The number of rotatable bonds is 2. The van der Waals surface area contributed by atoms with Crippen LogP contribution in [-0.2, 0) is 4.79 Å². The zero-order chi connectivity index (χ0) is 15.7. The molecule has 0 atom stereocenters. The molecule has 0 aliphatic carbocycles. The van der Waals surface area contributed by atoms with E-state index < -0.39 is 40.5 Å². The van der Waals surface area contributed by atoms with Gasteiger partial charge in [0.15, 0.2) is 17.4 Å². The van der Waals surface area contributed by atoms with E-state index in [9.17, 15) is 27.2 Å². The third-order valence-corrected chi connectivity index (χ3v) is 3.25. The van der Waals surface area contributed by atoms with Crippen molar-refractivity contribution in [3.8, 4) is 5.75 Å². The molecule has 0 aromatic heterocycles. The van der Waals surface area contributed by atoms with Crippen molar-refractivity contribution in [2.75, 3.05) is 20.2 Å². The van der Waals surface area contributed by atoms with Crippen LogP contribution in [0.15, 0.2) is 0 Å². The maximum absolute atomic E-state index is 13.8. The number of benzene rings is 1. The van der Waals surface area contributed by atoms with Crippen molar-refractivity contribution in [1.29, 1.82) is 0 Å². The number of nitrogens with zero attached hydrogens (tertiary/aromatic N) is 1. The van der Waals surface area contributed by atoms with E-state index in [4.69, 9.17) is 0 Å². The topological polar surface area (TPSA) is 46.6 Å². The van der Waals surface area contributed by atoms with Gasteiger partial charge in [-0.05, 0) is 0 Å². The number of hydrogen-bond acceptors (Lipinski definition) is 3. The Labute approximate surface area is 117 Å². The Balaban J connectivity index is 2.44. The Morgan fingerprint density at radius 3 is 1.90 bits per heavy atom. The van der Waals surface area contributed by atoms with Crippen molar-refractivity contribution >= 4 is 11.7 Å². The quantitative estimate of drug-likeness (QED) is 0.620. The molecule has 1 aromatic rings. The lowest BCUT2D eigenvalue weighted by molar-refractivity contribution is -0.120. The average Bonchev–Trinajstić information content (AvgIpc) is 2.47. The summed E-state index contributed by atoms with van der Waals surface area (Å²) in [6, 6.07) is 0. The smallest absolute Gasteiger partial charge is 0.260 e. The van der Waals surface area contributed by atoms with Crippen LogP contribution in [0.5, 0.6) is 5.75 Å². The molecule has 0 unspecified atom stereocenters. The van der Waals surface area contributed by atoms with E-state index in [2.05, 4.69) is 4.74 Å². The molecule has 1 heterocycles. The summed E-state index contributed by atoms with van der Waals surface area (Å²) in [4.78, 5) is 24.1. The Morgan fingerprint density at radius 1 is 1.00 bits per heavy atom. The second kappa shape index (κ2) is 5.71. The zero-order valence-corrected chi connectivity index (χ0v) is 11.0. The number of piperidine rings is 1. The van der Waals surface area contributed by atoms with Crippen LogP contribution in [0, 0.1) is 23.3 Å². The molecule has 0 bridgehead atoms. The molecule has 1 aliphatic heterocycles. The fraction of sp³-hybridized carbons (Fsp3) is 0.385. The van der Waals surface area contributed by atoms with Crippen LogP contribution in [0.2, 0.25) is 0 Å². The van der Waals surface area contributed by atoms with Crippen molar-refractivity contribution in [2.45, 2.75) is 12.8 Å². The molecule has 4 nitrogen and oxygen atoms in total. The van der Waals surface area contributed by atoms with Crippen LogP contribution < -0.4 is 4.74 Å². The van der Waals surface area contributed by atoms with Gasteiger partial charge in [0.1, 0.15) is 11.3 Å². The van der Waals surface area contributed by atoms with E-state index in [1.54, 1.807) is 0 Å². The van der Waals surface area contributed by atoms with E-state index in [1.807, 2.05) is 0 Å². The van der Waals surface area contributed by atoms with Crippen molar-refractivity contribution in [2.24, 2.45) is 0 Å². The van der Waals surface area contributed by atoms with Gasteiger partial charge in [-0.1, -0.05) is 0 Å². The Bertz CT molecular complexity index is 579. The molecule has 0 radical (unpaired) electrons. The first-order valence-corrected chi connectivity index (χ1v) is 6.09. The van der Waals surface area contributed by atoms with Crippen LogP contribution in [0.3, 0.4) is 0 Å². The van der Waals surface area contributed by atoms with Crippen molar-refractivity contribution in [3.05, 3.63) is 28.8 Å². The van der Waals surface area contributed by atoms with Gasteiger partial charge in [0, 0.05) is 25.9 Å². The number of halogens is 4. The molecular formula is C13H11F4NO3. The minimum absolute atomic E-state index is 0.0378. The Morgan fingerprint density at radius 2 is 1.48 bits per heavy atom. The number of ether oxygens (including phenoxy) is 1. The number of likely N-dealkylation sites (tertiary alicyclic amines) is 1. The Hall–Kier alpha value is -2.12. The molecule has 0 saturated carbocycles. The number of ketones is 1. The van der Waals surface area contributed by atoms with Crippen LogP contribution in [-0.4, -0.2) is 36.8 Å². The van der Waals surface area contributed by atoms with Crippen molar-refractivity contribution in [1.82, 2.24) is 4.90 Å². The molecule has 0 spiro atoms. The van der Waals surface area contributed by atoms with Gasteiger partial charge < -0.3 is 9.64 Å². The second-order valence-electron chi connectivity index (χ2n) is 4.50. The number of Topliss-reactive ketones (excluding diaryl/α,β-unsaturated/α-hetero) is 1. The summed E-state index contributed by atoms with van der Waals surface area (Å²) in [7, 11) is 0.845. The van der Waals surface area contributed by atoms with Crippen molar-refractivity contribution in [3.63, 3.8) is 0 Å². The molecule has 2 rings (SSSR count). The minimum atomic E-state index is -1.81. The first kappa shape index (κ1) is 15.3. The highest BCUT2D eigenvalue weighted by Gasteiger charge is 2.33. The lowest BCUT2D eigenvalue weighted by Crippen LogP contribution is -2.39. The molecule has 1 fully saturated rings. The highest BCUT2D eigenvalue weighted by molar-refractivity contribution is 5.96. The van der Waals surface area contributed by atoms with Crippen LogP contribution in [0.4, 0.5) is 17.6 Å². The molecule has 8 heteroatoms. The lowest BCUT2D eigenvalue weighted by Gasteiger charge is -2.26. The highest BCUT2D eigenvalue weighted by Crippen LogP contribution is 2.30. The van der Waals surface area contributed by atoms with Gasteiger partial charge >= 0.3 is 0 Å². The monoisotopic (exact) mass is 305 g/mol. The summed E-state index contributed by atoms with van der Waals surface area (Å²) in [6.45, 7) is -0.0996. The summed E-state index contributed by atoms with van der Waals surface area (Å²) >= 11 is 0. The summed E-state index contributed by atoms with van der Waals surface area (Å²) < 4.78 is 58.9. The minimum Gasteiger partial charge on any atom is -0.491 e. The number of carbonyl (C=O) groups excluding carboxylic acids is 2. The third-order valence-electron chi connectivity index (χ3n) is 3.25. The second-order valence-corrected chi connectivity index (χ2v) is 4.50. The molecule has 1 saturated heterocycles. The van der Waals surface area contributed by atoms with Crippen LogP contribution >= 0.6 is 0 Å². The third kappa shape index (κ3) is 2.57. The molecule has 114 valence electrons. The van der Waals surface area contributed by atoms with E-state index in [0.717, 1.165) is 12.0 Å².